The van der Waals surface area contributed by atoms with Gasteiger partial charge in [0, 0.05) is 37.0 Å². The smallest absolute Gasteiger partial charge is 0.269 e. The van der Waals surface area contributed by atoms with Gasteiger partial charge in [-0.25, -0.2) is 12.7 Å². The van der Waals surface area contributed by atoms with E-state index >= 15 is 0 Å². The lowest BCUT2D eigenvalue weighted by Crippen LogP contribution is -2.52. The van der Waals surface area contributed by atoms with Crippen molar-refractivity contribution in [1.82, 2.24) is 14.5 Å². The highest BCUT2D eigenvalue weighted by atomic mass is 35.5. The van der Waals surface area contributed by atoms with E-state index in [0.717, 1.165) is 47.5 Å². The van der Waals surface area contributed by atoms with Gasteiger partial charge >= 0.3 is 0 Å². The van der Waals surface area contributed by atoms with Gasteiger partial charge in [-0.1, -0.05) is 85.5 Å². The molecule has 0 radical (unpaired) electrons. The fourth-order valence-corrected chi connectivity index (χ4v) is 7.59. The van der Waals surface area contributed by atoms with Crippen LogP contribution in [0.5, 0.6) is 0 Å². The van der Waals surface area contributed by atoms with E-state index < -0.39 is 22.0 Å². The molecule has 43 heavy (non-hydrogen) atoms. The largest absolute Gasteiger partial charge is 0.352 e. The van der Waals surface area contributed by atoms with E-state index in [1.165, 1.54) is 12.1 Å². The molecule has 2 aliphatic rings. The summed E-state index contributed by atoms with van der Waals surface area (Å²) >= 11 is 6.11. The fraction of sp³-hybridized carbons (Fsp3) is 0.364. The zero-order chi connectivity index (χ0) is 30.4. The summed E-state index contributed by atoms with van der Waals surface area (Å²) in [7, 11) is -3.97. The van der Waals surface area contributed by atoms with Gasteiger partial charge in [0.1, 0.15) is 10.9 Å². The summed E-state index contributed by atoms with van der Waals surface area (Å²) in [6.07, 6.45) is 5.51. The molecule has 5 rings (SSSR count). The summed E-state index contributed by atoms with van der Waals surface area (Å²) < 4.78 is 26.9. The zero-order valence-electron chi connectivity index (χ0n) is 24.0. The van der Waals surface area contributed by atoms with Gasteiger partial charge in [0.05, 0.1) is 5.56 Å². The van der Waals surface area contributed by atoms with Crippen molar-refractivity contribution in [1.29, 1.82) is 0 Å². The number of benzene rings is 3. The minimum atomic E-state index is -3.97. The fourth-order valence-electron chi connectivity index (χ4n) is 5.85. The first-order valence-electron chi connectivity index (χ1n) is 14.8. The van der Waals surface area contributed by atoms with Gasteiger partial charge < -0.3 is 10.2 Å². The van der Waals surface area contributed by atoms with Crippen molar-refractivity contribution in [3.8, 4) is 0 Å². The maximum absolute atomic E-state index is 13.9. The number of sulfonamides is 1. The standard InChI is InChI=1S/C33H36ClN3O5S/c34-26-19-17-25(18-20-26)23-36(29(22-24-10-3-1-4-11-24)32(39)35-27-12-5-2-6-13-27)31(38)16-9-21-37-33(40)28-14-7-8-15-30(28)43(37,41)42/h1,3-4,7-8,10-11,14-15,17-20,27,29H,2,5-6,9,12-13,16,21-23H2,(H,35,39)/t29-/m1/s1. The molecule has 1 atom stereocenters. The number of halogens is 1. The van der Waals surface area contributed by atoms with Gasteiger partial charge in [0.2, 0.25) is 11.8 Å². The molecule has 0 bridgehead atoms. The molecule has 1 aliphatic carbocycles. The number of nitrogens with one attached hydrogen (secondary N) is 1. The lowest BCUT2D eigenvalue weighted by atomic mass is 9.94. The van der Waals surface area contributed by atoms with E-state index in [1.54, 1.807) is 29.2 Å². The lowest BCUT2D eigenvalue weighted by Gasteiger charge is -2.33. The lowest BCUT2D eigenvalue weighted by molar-refractivity contribution is -0.141. The third kappa shape index (κ3) is 7.28. The second-order valence-corrected chi connectivity index (χ2v) is 13.4. The van der Waals surface area contributed by atoms with Crippen molar-refractivity contribution in [2.45, 2.75) is 74.9 Å². The number of hydrogen-bond donors (Lipinski definition) is 1. The van der Waals surface area contributed by atoms with Crippen LogP contribution in [-0.2, 0) is 32.6 Å². The SMILES string of the molecule is O=C(NC1CCCCC1)[C@@H](Cc1ccccc1)N(Cc1ccc(Cl)cc1)C(=O)CCCN1C(=O)c2ccccc2S1(=O)=O. The molecular formula is C33H36ClN3O5S. The summed E-state index contributed by atoms with van der Waals surface area (Å²) in [5.74, 6) is -1.09. The van der Waals surface area contributed by atoms with E-state index in [2.05, 4.69) is 5.32 Å². The molecule has 0 spiro atoms. The van der Waals surface area contributed by atoms with Gasteiger partial charge in [-0.05, 0) is 54.7 Å². The monoisotopic (exact) mass is 621 g/mol. The molecular weight excluding hydrogens is 586 g/mol. The third-order valence-corrected chi connectivity index (χ3v) is 10.2. The summed E-state index contributed by atoms with van der Waals surface area (Å²) in [6.45, 7) is 0.0476. The van der Waals surface area contributed by atoms with Gasteiger partial charge in [0.15, 0.2) is 0 Å². The van der Waals surface area contributed by atoms with Crippen LogP contribution in [0.4, 0.5) is 0 Å². The second kappa shape index (κ2) is 13.7. The molecule has 0 aromatic heterocycles. The van der Waals surface area contributed by atoms with Crippen LogP contribution in [0.1, 0.15) is 66.4 Å². The normalized spacial score (nSPS) is 16.9. The predicted octanol–water partition coefficient (Wildman–Crippen LogP) is 5.35. The van der Waals surface area contributed by atoms with Gasteiger partial charge in [-0.3, -0.25) is 14.4 Å². The Bertz CT molecular complexity index is 1560. The molecule has 1 fully saturated rings. The quantitative estimate of drug-likeness (QED) is 0.311. The zero-order valence-corrected chi connectivity index (χ0v) is 25.5. The maximum atomic E-state index is 13.9. The van der Waals surface area contributed by atoms with Gasteiger partial charge in [-0.15, -0.1) is 0 Å². The average Bonchev–Trinajstić information content (AvgIpc) is 3.21. The number of carbonyl (C=O) groups is 3. The van der Waals surface area contributed by atoms with E-state index in [0.29, 0.717) is 11.4 Å². The second-order valence-electron chi connectivity index (χ2n) is 11.2. The molecule has 1 heterocycles. The Morgan fingerprint density at radius 3 is 2.28 bits per heavy atom. The highest BCUT2D eigenvalue weighted by Gasteiger charge is 2.40. The maximum Gasteiger partial charge on any atom is 0.269 e. The van der Waals surface area contributed by atoms with Crippen LogP contribution < -0.4 is 5.32 Å². The Morgan fingerprint density at radius 1 is 0.907 bits per heavy atom. The number of amides is 3. The van der Waals surface area contributed by atoms with Crippen LogP contribution in [0.25, 0.3) is 0 Å². The minimum Gasteiger partial charge on any atom is -0.352 e. The molecule has 1 N–H and O–H groups in total. The molecule has 10 heteroatoms. The molecule has 3 aromatic rings. The summed E-state index contributed by atoms with van der Waals surface area (Å²) in [5.41, 5.74) is 1.88. The topological polar surface area (TPSA) is 104 Å². The Kier molecular flexibility index (Phi) is 9.82. The number of carbonyl (C=O) groups excluding carboxylic acids is 3. The van der Waals surface area contributed by atoms with Crippen LogP contribution in [0.3, 0.4) is 0 Å². The third-order valence-electron chi connectivity index (χ3n) is 8.15. The first kappa shape index (κ1) is 30.8. The molecule has 1 aliphatic heterocycles. The van der Waals surface area contributed by atoms with Crippen LogP contribution in [0.2, 0.25) is 5.02 Å². The molecule has 0 unspecified atom stereocenters. The van der Waals surface area contributed by atoms with Crippen LogP contribution in [-0.4, -0.2) is 54.0 Å². The van der Waals surface area contributed by atoms with E-state index in [4.69, 9.17) is 11.6 Å². The minimum absolute atomic E-state index is 0.0157. The van der Waals surface area contributed by atoms with Crippen molar-refractivity contribution in [2.75, 3.05) is 6.54 Å². The summed E-state index contributed by atoms with van der Waals surface area (Å²) in [6, 6.07) is 22.1. The highest BCUT2D eigenvalue weighted by molar-refractivity contribution is 7.90. The van der Waals surface area contributed by atoms with Crippen molar-refractivity contribution in [3.05, 3.63) is 101 Å². The van der Waals surface area contributed by atoms with Crippen molar-refractivity contribution < 1.29 is 22.8 Å². The summed E-state index contributed by atoms with van der Waals surface area (Å²) in [4.78, 5) is 42.3. The highest BCUT2D eigenvalue weighted by Crippen LogP contribution is 2.30. The Morgan fingerprint density at radius 2 is 1.58 bits per heavy atom. The molecule has 0 saturated heterocycles. The average molecular weight is 622 g/mol. The molecule has 1 saturated carbocycles. The van der Waals surface area contributed by atoms with E-state index in [1.807, 2.05) is 42.5 Å². The van der Waals surface area contributed by atoms with Crippen molar-refractivity contribution in [3.63, 3.8) is 0 Å². The van der Waals surface area contributed by atoms with Crippen molar-refractivity contribution >= 4 is 39.3 Å². The molecule has 8 nitrogen and oxygen atoms in total. The number of hydrogen-bond acceptors (Lipinski definition) is 5. The van der Waals surface area contributed by atoms with Crippen molar-refractivity contribution in [2.24, 2.45) is 0 Å². The van der Waals surface area contributed by atoms with Crippen LogP contribution in [0.15, 0.2) is 83.8 Å². The Hall–Kier alpha value is -3.69. The Balaban J connectivity index is 1.37. The summed E-state index contributed by atoms with van der Waals surface area (Å²) in [5, 5.41) is 3.78. The predicted molar refractivity (Wildman–Crippen MR) is 165 cm³/mol. The van der Waals surface area contributed by atoms with Gasteiger partial charge in [-0.2, -0.15) is 0 Å². The first-order valence-corrected chi connectivity index (χ1v) is 16.6. The number of rotatable bonds is 11. The number of fused-ring (bicyclic) bond motifs is 1. The first-order chi connectivity index (χ1) is 20.7. The van der Waals surface area contributed by atoms with Crippen LogP contribution >= 0.6 is 11.6 Å². The van der Waals surface area contributed by atoms with Crippen LogP contribution in [0, 0.1) is 0 Å². The van der Waals surface area contributed by atoms with E-state index in [-0.39, 0.29) is 54.2 Å². The molecule has 226 valence electrons. The van der Waals surface area contributed by atoms with E-state index in [9.17, 15) is 22.8 Å². The molecule has 3 aromatic carbocycles. The molecule has 3 amide bonds. The van der Waals surface area contributed by atoms with Gasteiger partial charge in [0.25, 0.3) is 15.9 Å². The Labute approximate surface area is 258 Å². The number of nitrogens with zero attached hydrogens (tertiary/aromatic N) is 2.